The van der Waals surface area contributed by atoms with Crippen LogP contribution in [0.3, 0.4) is 0 Å². The van der Waals surface area contributed by atoms with Crippen molar-refractivity contribution in [1.82, 2.24) is 0 Å². The molecule has 0 aromatic heterocycles. The fraction of sp³-hybridized carbons (Fsp3) is 0.538. The highest BCUT2D eigenvalue weighted by Gasteiger charge is 2.28. The second-order valence-corrected chi connectivity index (χ2v) is 4.80. The highest BCUT2D eigenvalue weighted by atomic mass is 16.5. The smallest absolute Gasteiger partial charge is 0.121 e. The minimum atomic E-state index is -0.0957. The number of aliphatic hydroxyl groups is 1. The zero-order chi connectivity index (χ0) is 12.4. The van der Waals surface area contributed by atoms with Gasteiger partial charge in [-0.05, 0) is 30.9 Å². The van der Waals surface area contributed by atoms with Crippen LogP contribution in [0.5, 0.6) is 5.75 Å². The summed E-state index contributed by atoms with van der Waals surface area (Å²) in [5.74, 6) is 1.36. The van der Waals surface area contributed by atoms with Gasteiger partial charge in [-0.25, -0.2) is 0 Å². The second kappa shape index (κ2) is 4.84. The van der Waals surface area contributed by atoms with E-state index in [1.54, 1.807) is 7.11 Å². The van der Waals surface area contributed by atoms with Crippen LogP contribution in [0.1, 0.15) is 12.8 Å². The van der Waals surface area contributed by atoms with E-state index < -0.39 is 0 Å². The van der Waals surface area contributed by atoms with Crippen LogP contribution in [0.15, 0.2) is 18.2 Å². The summed E-state index contributed by atoms with van der Waals surface area (Å²) in [7, 11) is 3.66. The maximum absolute atomic E-state index is 9.26. The Morgan fingerprint density at radius 1 is 1.47 bits per heavy atom. The molecule has 0 bridgehead atoms. The standard InChI is InChI=1S/C13H20N2O2/c1-15(8-9-5-10(16)6-9)13-4-3-11(17-2)7-12(13)14/h3-4,7,9-10,16H,5-6,8,14H2,1-2H3. The predicted molar refractivity (Wildman–Crippen MR) is 69.4 cm³/mol. The number of benzene rings is 1. The Morgan fingerprint density at radius 2 is 2.18 bits per heavy atom. The lowest BCUT2D eigenvalue weighted by molar-refractivity contribution is 0.0465. The average Bonchev–Trinajstić information content (AvgIpc) is 2.26. The largest absolute Gasteiger partial charge is 0.497 e. The van der Waals surface area contributed by atoms with Gasteiger partial charge >= 0.3 is 0 Å². The van der Waals surface area contributed by atoms with E-state index in [-0.39, 0.29) is 6.10 Å². The molecule has 4 heteroatoms. The number of methoxy groups -OCH3 is 1. The molecule has 17 heavy (non-hydrogen) atoms. The minimum absolute atomic E-state index is 0.0957. The topological polar surface area (TPSA) is 58.7 Å². The van der Waals surface area contributed by atoms with E-state index >= 15 is 0 Å². The van der Waals surface area contributed by atoms with Crippen molar-refractivity contribution in [3.8, 4) is 5.75 Å². The molecule has 1 saturated carbocycles. The Bertz CT molecular complexity index is 389. The van der Waals surface area contributed by atoms with Gasteiger partial charge < -0.3 is 20.5 Å². The molecule has 1 aliphatic rings. The van der Waals surface area contributed by atoms with Gasteiger partial charge in [-0.3, -0.25) is 0 Å². The summed E-state index contributed by atoms with van der Waals surface area (Å²) in [5.41, 5.74) is 7.74. The SMILES string of the molecule is COc1ccc(N(C)CC2CC(O)C2)c(N)c1. The number of nitrogen functional groups attached to an aromatic ring is 1. The Morgan fingerprint density at radius 3 is 2.71 bits per heavy atom. The zero-order valence-corrected chi connectivity index (χ0v) is 10.4. The van der Waals surface area contributed by atoms with E-state index in [1.807, 2.05) is 25.2 Å². The van der Waals surface area contributed by atoms with Crippen molar-refractivity contribution in [3.05, 3.63) is 18.2 Å². The molecule has 0 heterocycles. The molecular formula is C13H20N2O2. The monoisotopic (exact) mass is 236 g/mol. The molecule has 94 valence electrons. The maximum Gasteiger partial charge on any atom is 0.121 e. The summed E-state index contributed by atoms with van der Waals surface area (Å²) >= 11 is 0. The fourth-order valence-corrected chi connectivity index (χ4v) is 2.34. The zero-order valence-electron chi connectivity index (χ0n) is 10.4. The average molecular weight is 236 g/mol. The third-order valence-corrected chi connectivity index (χ3v) is 3.39. The van der Waals surface area contributed by atoms with Crippen LogP contribution in [0, 0.1) is 5.92 Å². The van der Waals surface area contributed by atoms with Gasteiger partial charge in [0.1, 0.15) is 5.75 Å². The van der Waals surface area contributed by atoms with Gasteiger partial charge in [0.05, 0.1) is 24.6 Å². The van der Waals surface area contributed by atoms with Gasteiger partial charge in [-0.15, -0.1) is 0 Å². The number of nitrogens with two attached hydrogens (primary N) is 1. The predicted octanol–water partition coefficient (Wildman–Crippen LogP) is 1.48. The number of ether oxygens (including phenoxy) is 1. The molecule has 0 unspecified atom stereocenters. The van der Waals surface area contributed by atoms with Gasteiger partial charge in [0, 0.05) is 19.7 Å². The van der Waals surface area contributed by atoms with Crippen LogP contribution in [0.25, 0.3) is 0 Å². The molecule has 1 aliphatic carbocycles. The lowest BCUT2D eigenvalue weighted by atomic mass is 9.82. The molecule has 0 spiro atoms. The minimum Gasteiger partial charge on any atom is -0.497 e. The van der Waals surface area contributed by atoms with Crippen LogP contribution in [0.2, 0.25) is 0 Å². The molecule has 2 rings (SSSR count). The van der Waals surface area contributed by atoms with Crippen molar-refractivity contribution in [2.45, 2.75) is 18.9 Å². The molecule has 4 nitrogen and oxygen atoms in total. The number of aliphatic hydroxyl groups excluding tert-OH is 1. The Balaban J connectivity index is 2.01. The Hall–Kier alpha value is -1.42. The van der Waals surface area contributed by atoms with Crippen LogP contribution in [-0.4, -0.2) is 31.9 Å². The molecule has 1 aromatic rings. The normalized spacial score (nSPS) is 23.0. The van der Waals surface area contributed by atoms with Crippen LogP contribution >= 0.6 is 0 Å². The van der Waals surface area contributed by atoms with Crippen molar-refractivity contribution in [1.29, 1.82) is 0 Å². The Kier molecular flexibility index (Phi) is 3.43. The van der Waals surface area contributed by atoms with E-state index in [1.165, 1.54) is 0 Å². The van der Waals surface area contributed by atoms with Gasteiger partial charge in [0.15, 0.2) is 0 Å². The first-order valence-electron chi connectivity index (χ1n) is 5.93. The summed E-state index contributed by atoms with van der Waals surface area (Å²) in [5, 5.41) is 9.26. The third-order valence-electron chi connectivity index (χ3n) is 3.39. The first-order chi connectivity index (χ1) is 8.10. The highest BCUT2D eigenvalue weighted by molar-refractivity contribution is 5.69. The molecule has 0 atom stereocenters. The third kappa shape index (κ3) is 2.64. The molecule has 3 N–H and O–H groups in total. The van der Waals surface area contributed by atoms with E-state index in [0.717, 1.165) is 36.5 Å². The quantitative estimate of drug-likeness (QED) is 0.778. The van der Waals surface area contributed by atoms with E-state index in [0.29, 0.717) is 5.92 Å². The summed E-state index contributed by atoms with van der Waals surface area (Å²) < 4.78 is 5.13. The first kappa shape index (κ1) is 12.0. The molecule has 0 aliphatic heterocycles. The van der Waals surface area contributed by atoms with Gasteiger partial charge in [-0.1, -0.05) is 0 Å². The van der Waals surface area contributed by atoms with Crippen molar-refractivity contribution in [2.75, 3.05) is 31.3 Å². The number of hydrogen-bond acceptors (Lipinski definition) is 4. The van der Waals surface area contributed by atoms with Crippen LogP contribution < -0.4 is 15.4 Å². The van der Waals surface area contributed by atoms with Gasteiger partial charge in [0.2, 0.25) is 0 Å². The molecule has 0 radical (unpaired) electrons. The molecule has 0 amide bonds. The van der Waals surface area contributed by atoms with E-state index in [9.17, 15) is 5.11 Å². The van der Waals surface area contributed by atoms with E-state index in [2.05, 4.69) is 4.90 Å². The highest BCUT2D eigenvalue weighted by Crippen LogP contribution is 2.32. The van der Waals surface area contributed by atoms with E-state index in [4.69, 9.17) is 10.5 Å². The van der Waals surface area contributed by atoms with Crippen LogP contribution in [-0.2, 0) is 0 Å². The molecule has 1 fully saturated rings. The van der Waals surface area contributed by atoms with Gasteiger partial charge in [-0.2, -0.15) is 0 Å². The summed E-state index contributed by atoms with van der Waals surface area (Å²) in [6.45, 7) is 0.938. The lowest BCUT2D eigenvalue weighted by Gasteiger charge is -2.35. The van der Waals surface area contributed by atoms with Crippen LogP contribution in [0.4, 0.5) is 11.4 Å². The maximum atomic E-state index is 9.26. The Labute approximate surface area is 102 Å². The van der Waals surface area contributed by atoms with Gasteiger partial charge in [0.25, 0.3) is 0 Å². The summed E-state index contributed by atoms with van der Waals surface area (Å²) in [6, 6.07) is 5.72. The van der Waals surface area contributed by atoms with Crippen molar-refractivity contribution < 1.29 is 9.84 Å². The fourth-order valence-electron chi connectivity index (χ4n) is 2.34. The van der Waals surface area contributed by atoms with Crippen molar-refractivity contribution in [3.63, 3.8) is 0 Å². The molecule has 0 saturated heterocycles. The van der Waals surface area contributed by atoms with Crippen molar-refractivity contribution in [2.24, 2.45) is 5.92 Å². The molecule has 1 aromatic carbocycles. The second-order valence-electron chi connectivity index (χ2n) is 4.80. The first-order valence-corrected chi connectivity index (χ1v) is 5.93. The summed E-state index contributed by atoms with van der Waals surface area (Å²) in [4.78, 5) is 2.14. The summed E-state index contributed by atoms with van der Waals surface area (Å²) in [6.07, 6.45) is 1.71. The number of anilines is 2. The number of nitrogens with zero attached hydrogens (tertiary/aromatic N) is 1. The number of hydrogen-bond donors (Lipinski definition) is 2. The number of rotatable bonds is 4. The van der Waals surface area contributed by atoms with Crippen molar-refractivity contribution >= 4 is 11.4 Å². The lowest BCUT2D eigenvalue weighted by Crippen LogP contribution is -2.37. The molecular weight excluding hydrogens is 216 g/mol.